The van der Waals surface area contributed by atoms with Gasteiger partial charge in [0.1, 0.15) is 11.8 Å². The molecule has 0 bridgehead atoms. The maximum atomic E-state index is 14.2. The molecule has 3 aromatic carbocycles. The molecule has 6 rings (SSSR count). The number of aromatic nitrogens is 2. The van der Waals surface area contributed by atoms with Crippen molar-refractivity contribution < 1.29 is 14.3 Å². The van der Waals surface area contributed by atoms with Gasteiger partial charge in [0.25, 0.3) is 5.56 Å². The Morgan fingerprint density at radius 2 is 1.79 bits per heavy atom. The maximum absolute atomic E-state index is 14.2. The zero-order chi connectivity index (χ0) is 29.5. The van der Waals surface area contributed by atoms with Crippen LogP contribution in [0, 0.1) is 6.92 Å². The number of para-hydroxylation sites is 1. The summed E-state index contributed by atoms with van der Waals surface area (Å²) in [7, 11) is 2.85. The van der Waals surface area contributed by atoms with Crippen molar-refractivity contribution in [3.05, 3.63) is 131 Å². The predicted molar refractivity (Wildman–Crippen MR) is 166 cm³/mol. The summed E-state index contributed by atoms with van der Waals surface area (Å²) in [6.07, 6.45) is 1.94. The molecule has 0 saturated carbocycles. The summed E-state index contributed by atoms with van der Waals surface area (Å²) in [6.45, 7) is 4.53. The SMILES string of the molecule is COC(=O)C1=C(C)N=c2s/c(=C\c3c(C)n(Cc4ccccc4)c4ccccc34)c(=O)n2[C@@H]1c1cc(Cl)ccc1OC. The molecule has 0 spiro atoms. The fourth-order valence-electron chi connectivity index (χ4n) is 5.65. The summed E-state index contributed by atoms with van der Waals surface area (Å²) in [5.41, 5.74) is 5.32. The quantitative estimate of drug-likeness (QED) is 0.246. The van der Waals surface area contributed by atoms with Crippen LogP contribution in [0.15, 0.2) is 93.9 Å². The third-order valence-corrected chi connectivity index (χ3v) is 8.87. The minimum Gasteiger partial charge on any atom is -0.496 e. The minimum absolute atomic E-state index is 0.257. The molecule has 212 valence electrons. The summed E-state index contributed by atoms with van der Waals surface area (Å²) >= 11 is 7.69. The van der Waals surface area contributed by atoms with Crippen LogP contribution in [0.3, 0.4) is 0 Å². The lowest BCUT2D eigenvalue weighted by Gasteiger charge is -2.25. The van der Waals surface area contributed by atoms with Crippen molar-refractivity contribution in [3.8, 4) is 5.75 Å². The van der Waals surface area contributed by atoms with Crippen molar-refractivity contribution in [1.29, 1.82) is 0 Å². The molecule has 1 atom stereocenters. The first-order valence-electron chi connectivity index (χ1n) is 13.4. The van der Waals surface area contributed by atoms with E-state index < -0.39 is 12.0 Å². The first kappa shape index (κ1) is 27.8. The molecule has 0 saturated heterocycles. The number of halogens is 1. The summed E-state index contributed by atoms with van der Waals surface area (Å²) in [5, 5.41) is 1.50. The smallest absolute Gasteiger partial charge is 0.338 e. The highest BCUT2D eigenvalue weighted by Crippen LogP contribution is 2.37. The second-order valence-electron chi connectivity index (χ2n) is 10.0. The van der Waals surface area contributed by atoms with Crippen LogP contribution < -0.4 is 19.6 Å². The molecule has 0 aliphatic carbocycles. The van der Waals surface area contributed by atoms with Crippen LogP contribution in [-0.4, -0.2) is 29.3 Å². The topological polar surface area (TPSA) is 74.8 Å². The average Bonchev–Trinajstić information content (AvgIpc) is 3.45. The lowest BCUT2D eigenvalue weighted by molar-refractivity contribution is -0.136. The molecule has 9 heteroatoms. The van der Waals surface area contributed by atoms with Gasteiger partial charge in [-0.3, -0.25) is 9.36 Å². The van der Waals surface area contributed by atoms with E-state index >= 15 is 0 Å². The predicted octanol–water partition coefficient (Wildman–Crippen LogP) is 5.38. The standard InChI is InChI=1S/C33H28ClN3O4S/c1-19-29(32(39)41-4)30(25-16-22(34)14-15-27(25)40-3)37-31(38)28(42-33(37)35-19)17-24-20(2)36(18-21-10-6-5-7-11-21)26-13-9-8-12-23(24)26/h5-17,30H,18H2,1-4H3/b28-17-/t30-/m1/s1. The van der Waals surface area contributed by atoms with Crippen molar-refractivity contribution in [2.45, 2.75) is 26.4 Å². The van der Waals surface area contributed by atoms with Crippen LogP contribution in [0.5, 0.6) is 5.75 Å². The molecule has 0 radical (unpaired) electrons. The summed E-state index contributed by atoms with van der Waals surface area (Å²) in [6, 6.07) is 22.8. The third-order valence-electron chi connectivity index (χ3n) is 7.65. The van der Waals surface area contributed by atoms with E-state index in [1.165, 1.54) is 24.0 Å². The molecule has 0 fully saturated rings. The molecular formula is C33H28ClN3O4S. The molecular weight excluding hydrogens is 570 g/mol. The highest BCUT2D eigenvalue weighted by molar-refractivity contribution is 7.07. The van der Waals surface area contributed by atoms with Gasteiger partial charge < -0.3 is 14.0 Å². The zero-order valence-corrected chi connectivity index (χ0v) is 25.1. The fraction of sp³-hybridized carbons (Fsp3) is 0.182. The lowest BCUT2D eigenvalue weighted by Crippen LogP contribution is -2.40. The van der Waals surface area contributed by atoms with Gasteiger partial charge in [0.2, 0.25) is 0 Å². The molecule has 0 amide bonds. The number of methoxy groups -OCH3 is 2. The van der Waals surface area contributed by atoms with E-state index in [4.69, 9.17) is 21.1 Å². The molecule has 5 aromatic rings. The van der Waals surface area contributed by atoms with Crippen molar-refractivity contribution in [2.24, 2.45) is 4.99 Å². The highest BCUT2D eigenvalue weighted by Gasteiger charge is 2.35. The van der Waals surface area contributed by atoms with Crippen LogP contribution in [0.1, 0.15) is 35.3 Å². The van der Waals surface area contributed by atoms with Crippen LogP contribution in [-0.2, 0) is 16.1 Å². The number of esters is 1. The minimum atomic E-state index is -0.829. The van der Waals surface area contributed by atoms with Crippen molar-refractivity contribution in [1.82, 2.24) is 9.13 Å². The number of fused-ring (bicyclic) bond motifs is 2. The summed E-state index contributed by atoms with van der Waals surface area (Å²) in [4.78, 5) is 32.5. The molecule has 42 heavy (non-hydrogen) atoms. The normalized spacial score (nSPS) is 15.1. The number of carbonyl (C=O) groups excluding carboxylic acids is 1. The first-order chi connectivity index (χ1) is 20.3. The van der Waals surface area contributed by atoms with Crippen molar-refractivity contribution >= 4 is 45.9 Å². The number of hydrogen-bond donors (Lipinski definition) is 0. The number of allylic oxidation sites excluding steroid dienone is 1. The van der Waals surface area contributed by atoms with E-state index in [9.17, 15) is 9.59 Å². The Labute approximate surface area is 251 Å². The maximum Gasteiger partial charge on any atom is 0.338 e. The number of nitrogens with zero attached hydrogens (tertiary/aromatic N) is 3. The Hall–Kier alpha value is -4.40. The molecule has 7 nitrogen and oxygen atoms in total. The second kappa shape index (κ2) is 11.1. The van der Waals surface area contributed by atoms with Gasteiger partial charge in [-0.25, -0.2) is 9.79 Å². The van der Waals surface area contributed by atoms with Crippen molar-refractivity contribution in [3.63, 3.8) is 0 Å². The van der Waals surface area contributed by atoms with Gasteiger partial charge >= 0.3 is 5.97 Å². The Morgan fingerprint density at radius 1 is 1.05 bits per heavy atom. The average molecular weight is 598 g/mol. The van der Waals surface area contributed by atoms with Crippen LogP contribution in [0.4, 0.5) is 0 Å². The number of rotatable bonds is 6. The third kappa shape index (κ3) is 4.66. The van der Waals surface area contributed by atoms with Gasteiger partial charge in [0.15, 0.2) is 4.80 Å². The lowest BCUT2D eigenvalue weighted by atomic mass is 9.95. The van der Waals surface area contributed by atoms with E-state index in [-0.39, 0.29) is 11.1 Å². The monoisotopic (exact) mass is 597 g/mol. The first-order valence-corrected chi connectivity index (χ1v) is 14.6. The Morgan fingerprint density at radius 3 is 2.52 bits per heavy atom. The Kier molecular flexibility index (Phi) is 7.35. The molecule has 3 heterocycles. The van der Waals surface area contributed by atoms with Gasteiger partial charge in [0.05, 0.1) is 30.0 Å². The van der Waals surface area contributed by atoms with Crippen LogP contribution in [0.25, 0.3) is 17.0 Å². The largest absolute Gasteiger partial charge is 0.496 e. The number of carbonyl (C=O) groups is 1. The van der Waals surface area contributed by atoms with Gasteiger partial charge in [-0.15, -0.1) is 0 Å². The number of benzene rings is 3. The zero-order valence-electron chi connectivity index (χ0n) is 23.6. The molecule has 1 aliphatic heterocycles. The molecule has 2 aromatic heterocycles. The Balaban J connectivity index is 1.59. The van der Waals surface area contributed by atoms with E-state index in [1.54, 1.807) is 36.8 Å². The number of thiazole rings is 1. The molecule has 1 aliphatic rings. The van der Waals surface area contributed by atoms with Gasteiger partial charge in [-0.2, -0.15) is 0 Å². The van der Waals surface area contributed by atoms with Gasteiger partial charge in [-0.05, 0) is 49.8 Å². The van der Waals surface area contributed by atoms with Crippen LogP contribution >= 0.6 is 22.9 Å². The fourth-order valence-corrected chi connectivity index (χ4v) is 6.86. The van der Waals surface area contributed by atoms with Gasteiger partial charge in [0, 0.05) is 39.3 Å². The number of ether oxygens (including phenoxy) is 2. The highest BCUT2D eigenvalue weighted by atomic mass is 35.5. The van der Waals surface area contributed by atoms with E-state index in [0.29, 0.717) is 37.9 Å². The summed E-state index contributed by atoms with van der Waals surface area (Å²) < 4.78 is 15.1. The van der Waals surface area contributed by atoms with Gasteiger partial charge in [-0.1, -0.05) is 71.5 Å². The van der Waals surface area contributed by atoms with E-state index in [0.717, 1.165) is 22.2 Å². The van der Waals surface area contributed by atoms with Crippen molar-refractivity contribution in [2.75, 3.05) is 14.2 Å². The summed E-state index contributed by atoms with van der Waals surface area (Å²) in [5.74, 6) is -0.0766. The van der Waals surface area contributed by atoms with E-state index in [1.807, 2.05) is 36.4 Å². The number of hydrogen-bond acceptors (Lipinski definition) is 6. The van der Waals surface area contributed by atoms with Crippen LogP contribution in [0.2, 0.25) is 5.02 Å². The second-order valence-corrected chi connectivity index (χ2v) is 11.5. The Bertz CT molecular complexity index is 2070. The van der Waals surface area contributed by atoms with E-state index in [2.05, 4.69) is 40.7 Å². The molecule has 0 unspecified atom stereocenters. The molecule has 0 N–H and O–H groups in total.